The number of benzene rings is 1. The number of nitrogens with zero attached hydrogens (tertiary/aromatic N) is 2. The molecule has 0 saturated heterocycles. The summed E-state index contributed by atoms with van der Waals surface area (Å²) in [6, 6.07) is 5.81. The van der Waals surface area contributed by atoms with Crippen LogP contribution in [0.4, 0.5) is 5.69 Å². The van der Waals surface area contributed by atoms with Crippen molar-refractivity contribution in [3.05, 3.63) is 64.2 Å². The molecule has 108 valence electrons. The molecule has 2 aromatic rings. The fraction of sp³-hybridized carbons (Fsp3) is 0.143. The Hall–Kier alpha value is -2.96. The van der Waals surface area contributed by atoms with Crippen LogP contribution in [0.5, 0.6) is 0 Å². The topological polar surface area (TPSA) is 101 Å². The number of amides is 1. The second kappa shape index (κ2) is 6.47. The van der Waals surface area contributed by atoms with Crippen molar-refractivity contribution in [2.24, 2.45) is 0 Å². The first-order valence-electron chi connectivity index (χ1n) is 6.28. The Morgan fingerprint density at radius 2 is 2.33 bits per heavy atom. The van der Waals surface area contributed by atoms with Crippen LogP contribution in [0.1, 0.15) is 24.4 Å². The van der Waals surface area contributed by atoms with E-state index in [9.17, 15) is 14.9 Å². The van der Waals surface area contributed by atoms with Crippen molar-refractivity contribution in [1.82, 2.24) is 15.3 Å². The van der Waals surface area contributed by atoms with Crippen LogP contribution in [0, 0.1) is 10.1 Å². The fourth-order valence-corrected chi connectivity index (χ4v) is 1.76. The maximum atomic E-state index is 11.8. The number of carbonyl (C=O) groups excluding carboxylic acids is 1. The number of aromatic nitrogens is 2. The van der Waals surface area contributed by atoms with E-state index >= 15 is 0 Å². The molecule has 0 fully saturated rings. The van der Waals surface area contributed by atoms with Gasteiger partial charge in [-0.2, -0.15) is 0 Å². The molecule has 7 nitrogen and oxygen atoms in total. The van der Waals surface area contributed by atoms with Crippen LogP contribution < -0.4 is 5.32 Å². The molecule has 1 heterocycles. The number of H-pyrrole nitrogens is 1. The zero-order valence-electron chi connectivity index (χ0n) is 11.3. The second-order valence-corrected chi connectivity index (χ2v) is 4.39. The Kier molecular flexibility index (Phi) is 4.45. The van der Waals surface area contributed by atoms with E-state index in [1.807, 2.05) is 0 Å². The van der Waals surface area contributed by atoms with Crippen molar-refractivity contribution in [3.63, 3.8) is 0 Å². The number of carbonyl (C=O) groups is 1. The third-order valence-electron chi connectivity index (χ3n) is 2.80. The number of imidazole rings is 1. The van der Waals surface area contributed by atoms with E-state index in [-0.39, 0.29) is 17.6 Å². The SMILES string of the molecule is CC(NC(=O)/C=C/c1cccc([N+](=O)[O-])c1)c1ncc[nH]1. The molecule has 1 amide bonds. The lowest BCUT2D eigenvalue weighted by atomic mass is 10.2. The molecule has 1 aromatic carbocycles. The van der Waals surface area contributed by atoms with Gasteiger partial charge in [-0.25, -0.2) is 4.98 Å². The lowest BCUT2D eigenvalue weighted by molar-refractivity contribution is -0.384. The Morgan fingerprint density at radius 1 is 1.52 bits per heavy atom. The summed E-state index contributed by atoms with van der Waals surface area (Å²) in [5.74, 6) is 0.359. The van der Waals surface area contributed by atoms with Gasteiger partial charge in [-0.15, -0.1) is 0 Å². The smallest absolute Gasteiger partial charge is 0.270 e. The molecule has 0 aliphatic carbocycles. The maximum Gasteiger partial charge on any atom is 0.270 e. The molecule has 0 spiro atoms. The van der Waals surface area contributed by atoms with Gasteiger partial charge in [-0.1, -0.05) is 12.1 Å². The minimum Gasteiger partial charge on any atom is -0.347 e. The number of hydrogen-bond donors (Lipinski definition) is 2. The van der Waals surface area contributed by atoms with Gasteiger partial charge in [0, 0.05) is 30.6 Å². The highest BCUT2D eigenvalue weighted by Gasteiger charge is 2.09. The predicted octanol–water partition coefficient (Wildman–Crippen LogP) is 2.21. The Labute approximate surface area is 120 Å². The van der Waals surface area contributed by atoms with Gasteiger partial charge in [0.25, 0.3) is 5.69 Å². The van der Waals surface area contributed by atoms with Gasteiger partial charge in [-0.05, 0) is 18.6 Å². The van der Waals surface area contributed by atoms with E-state index in [2.05, 4.69) is 15.3 Å². The standard InChI is InChI=1S/C14H14N4O3/c1-10(14-15-7-8-16-14)17-13(19)6-5-11-3-2-4-12(9-11)18(20)21/h2-10H,1H3,(H,15,16)(H,17,19)/b6-5+. The molecule has 2 rings (SSSR count). The molecule has 1 atom stereocenters. The van der Waals surface area contributed by atoms with E-state index in [0.29, 0.717) is 11.4 Å². The Morgan fingerprint density at radius 3 is 3.00 bits per heavy atom. The molecule has 1 unspecified atom stereocenters. The van der Waals surface area contributed by atoms with Crippen LogP contribution in [-0.4, -0.2) is 20.8 Å². The highest BCUT2D eigenvalue weighted by molar-refractivity contribution is 5.92. The van der Waals surface area contributed by atoms with Gasteiger partial charge >= 0.3 is 0 Å². The molecular formula is C14H14N4O3. The van der Waals surface area contributed by atoms with Gasteiger partial charge in [-0.3, -0.25) is 14.9 Å². The molecule has 0 saturated carbocycles. The monoisotopic (exact) mass is 286 g/mol. The number of aromatic amines is 1. The quantitative estimate of drug-likeness (QED) is 0.500. The van der Waals surface area contributed by atoms with Crippen LogP contribution >= 0.6 is 0 Å². The van der Waals surface area contributed by atoms with Crippen LogP contribution in [0.3, 0.4) is 0 Å². The summed E-state index contributed by atoms with van der Waals surface area (Å²) in [6.07, 6.45) is 6.14. The van der Waals surface area contributed by atoms with Gasteiger partial charge in [0.1, 0.15) is 5.82 Å². The Bertz CT molecular complexity index is 665. The third kappa shape index (κ3) is 4.00. The van der Waals surface area contributed by atoms with Crippen molar-refractivity contribution < 1.29 is 9.72 Å². The predicted molar refractivity (Wildman–Crippen MR) is 77.3 cm³/mol. The van der Waals surface area contributed by atoms with E-state index in [0.717, 1.165) is 0 Å². The number of nitrogens with one attached hydrogen (secondary N) is 2. The first-order valence-corrected chi connectivity index (χ1v) is 6.28. The van der Waals surface area contributed by atoms with Crippen LogP contribution in [0.2, 0.25) is 0 Å². The minimum atomic E-state index is -0.476. The molecule has 21 heavy (non-hydrogen) atoms. The summed E-state index contributed by atoms with van der Waals surface area (Å²) in [5, 5.41) is 13.4. The lowest BCUT2D eigenvalue weighted by Gasteiger charge is -2.08. The van der Waals surface area contributed by atoms with E-state index in [1.165, 1.54) is 24.3 Å². The fourth-order valence-electron chi connectivity index (χ4n) is 1.76. The largest absolute Gasteiger partial charge is 0.347 e. The Balaban J connectivity index is 1.99. The molecule has 0 radical (unpaired) electrons. The first kappa shape index (κ1) is 14.4. The van der Waals surface area contributed by atoms with Crippen molar-refractivity contribution in [2.45, 2.75) is 13.0 Å². The number of non-ortho nitro benzene ring substituents is 1. The zero-order chi connectivity index (χ0) is 15.2. The molecule has 0 bridgehead atoms. The van der Waals surface area contributed by atoms with Crippen LogP contribution in [-0.2, 0) is 4.79 Å². The maximum absolute atomic E-state index is 11.8. The van der Waals surface area contributed by atoms with Crippen LogP contribution in [0.15, 0.2) is 42.7 Å². The third-order valence-corrected chi connectivity index (χ3v) is 2.80. The summed E-state index contributed by atoms with van der Waals surface area (Å²) in [7, 11) is 0. The number of nitro groups is 1. The van der Waals surface area contributed by atoms with Crippen molar-refractivity contribution >= 4 is 17.7 Å². The highest BCUT2D eigenvalue weighted by Crippen LogP contribution is 2.14. The summed E-state index contributed by atoms with van der Waals surface area (Å²) >= 11 is 0. The minimum absolute atomic E-state index is 0.0125. The average Bonchev–Trinajstić information content (AvgIpc) is 2.99. The van der Waals surface area contributed by atoms with Gasteiger partial charge < -0.3 is 10.3 Å². The average molecular weight is 286 g/mol. The van der Waals surface area contributed by atoms with Gasteiger partial charge in [0.05, 0.1) is 11.0 Å². The number of hydrogen-bond acceptors (Lipinski definition) is 4. The normalized spacial score (nSPS) is 12.2. The summed E-state index contributed by atoms with van der Waals surface area (Å²) < 4.78 is 0. The first-order chi connectivity index (χ1) is 10.1. The molecule has 2 N–H and O–H groups in total. The zero-order valence-corrected chi connectivity index (χ0v) is 11.3. The van der Waals surface area contributed by atoms with E-state index in [4.69, 9.17) is 0 Å². The van der Waals surface area contributed by atoms with Gasteiger partial charge in [0.15, 0.2) is 0 Å². The van der Waals surface area contributed by atoms with Crippen LogP contribution in [0.25, 0.3) is 6.08 Å². The number of rotatable bonds is 5. The van der Waals surface area contributed by atoms with E-state index < -0.39 is 4.92 Å². The molecular weight excluding hydrogens is 272 g/mol. The second-order valence-electron chi connectivity index (χ2n) is 4.39. The highest BCUT2D eigenvalue weighted by atomic mass is 16.6. The van der Waals surface area contributed by atoms with Crippen molar-refractivity contribution in [1.29, 1.82) is 0 Å². The lowest BCUT2D eigenvalue weighted by Crippen LogP contribution is -2.25. The molecule has 7 heteroatoms. The summed E-state index contributed by atoms with van der Waals surface area (Å²) in [6.45, 7) is 1.80. The van der Waals surface area contributed by atoms with Crippen molar-refractivity contribution in [3.8, 4) is 0 Å². The number of nitro benzene ring substituents is 1. The summed E-state index contributed by atoms with van der Waals surface area (Å²) in [4.78, 5) is 28.9. The molecule has 0 aliphatic heterocycles. The van der Waals surface area contributed by atoms with Crippen molar-refractivity contribution in [2.75, 3.05) is 0 Å². The molecule has 0 aliphatic rings. The summed E-state index contributed by atoms with van der Waals surface area (Å²) in [5.41, 5.74) is 0.575. The molecule has 1 aromatic heterocycles. The van der Waals surface area contributed by atoms with E-state index in [1.54, 1.807) is 31.5 Å². The van der Waals surface area contributed by atoms with Gasteiger partial charge in [0.2, 0.25) is 5.91 Å².